The summed E-state index contributed by atoms with van der Waals surface area (Å²) in [5, 5.41) is 25.2. The molecular formula is C55H69N3O14S. The minimum absolute atomic E-state index is 0.0313. The van der Waals surface area contributed by atoms with Crippen LogP contribution in [0.3, 0.4) is 0 Å². The number of thiazole rings is 1. The number of methoxy groups -OCH3 is 1. The lowest BCUT2D eigenvalue weighted by molar-refractivity contribution is -0.141. The number of fused-ring (bicyclic) bond motifs is 1. The van der Waals surface area contributed by atoms with Gasteiger partial charge in [-0.15, -0.1) is 0 Å². The topological polar surface area (TPSA) is 195 Å². The summed E-state index contributed by atoms with van der Waals surface area (Å²) in [4.78, 5) is 31.2. The van der Waals surface area contributed by atoms with Crippen LogP contribution in [0.5, 0.6) is 34.5 Å². The number of nitrogens with zero attached hydrogens (tertiary/aromatic N) is 3. The molecule has 2 aliphatic carbocycles. The van der Waals surface area contributed by atoms with Crippen LogP contribution in [0.15, 0.2) is 96.1 Å². The van der Waals surface area contributed by atoms with Gasteiger partial charge >= 0.3 is 11.9 Å². The van der Waals surface area contributed by atoms with Crippen LogP contribution in [0, 0.1) is 23.7 Å². The van der Waals surface area contributed by atoms with Gasteiger partial charge in [-0.25, -0.2) is 9.99 Å². The van der Waals surface area contributed by atoms with E-state index in [9.17, 15) is 9.59 Å². The van der Waals surface area contributed by atoms with Crippen LogP contribution < -0.4 is 33.4 Å². The van der Waals surface area contributed by atoms with Crippen molar-refractivity contribution in [1.29, 1.82) is 0 Å². The van der Waals surface area contributed by atoms with E-state index < -0.39 is 0 Å². The van der Waals surface area contributed by atoms with Crippen molar-refractivity contribution < 1.29 is 67.2 Å². The van der Waals surface area contributed by atoms with Crippen LogP contribution in [0.2, 0.25) is 0 Å². The SMILES string of the molecule is COCCOCCN(/N=C/c1cc(OCC2CCC(C(=O)Oc3ccc(OCCOCCO)cc3)CC2)ccc1OCC1CCC(C(=O)Oc2ccc(OCCOCCO)cc2)CC1)c1nc2ccccc2s1. The fourth-order valence-electron chi connectivity index (χ4n) is 8.48. The molecule has 0 amide bonds. The number of hydrogen-bond donors (Lipinski definition) is 2. The normalized spacial score (nSPS) is 17.8. The molecule has 0 saturated heterocycles. The summed E-state index contributed by atoms with van der Waals surface area (Å²) in [5.74, 6) is 3.21. The minimum atomic E-state index is -0.236. The molecule has 2 fully saturated rings. The van der Waals surface area contributed by atoms with E-state index in [4.69, 9.17) is 67.7 Å². The molecule has 73 heavy (non-hydrogen) atoms. The Morgan fingerprint density at radius 3 is 1.68 bits per heavy atom. The maximum absolute atomic E-state index is 13.2. The number of rotatable bonds is 31. The van der Waals surface area contributed by atoms with E-state index in [0.717, 1.165) is 46.6 Å². The largest absolute Gasteiger partial charge is 0.493 e. The van der Waals surface area contributed by atoms with Crippen LogP contribution in [0.1, 0.15) is 56.9 Å². The number of anilines is 1. The zero-order chi connectivity index (χ0) is 50.9. The van der Waals surface area contributed by atoms with Crippen molar-refractivity contribution in [2.75, 3.05) is 105 Å². The molecule has 1 aromatic heterocycles. The highest BCUT2D eigenvalue weighted by atomic mass is 32.1. The van der Waals surface area contributed by atoms with Gasteiger partial charge in [-0.3, -0.25) is 9.59 Å². The summed E-state index contributed by atoms with van der Waals surface area (Å²) >= 11 is 1.56. The Morgan fingerprint density at radius 1 is 0.603 bits per heavy atom. The van der Waals surface area contributed by atoms with E-state index in [1.54, 1.807) is 73.2 Å². The quantitative estimate of drug-likeness (QED) is 0.0142. The number of aromatic nitrogens is 1. The molecular weight excluding hydrogens is 959 g/mol. The predicted molar refractivity (Wildman–Crippen MR) is 277 cm³/mol. The number of carbonyl (C=O) groups excluding carboxylic acids is 2. The third-order valence-corrected chi connectivity index (χ3v) is 13.6. The van der Waals surface area contributed by atoms with Gasteiger partial charge in [0.25, 0.3) is 0 Å². The highest BCUT2D eigenvalue weighted by Gasteiger charge is 2.30. The number of esters is 2. The number of para-hydroxylation sites is 1. The van der Waals surface area contributed by atoms with Crippen molar-refractivity contribution in [3.05, 3.63) is 96.6 Å². The molecule has 0 bridgehead atoms. The molecule has 0 spiro atoms. The number of aliphatic hydroxyl groups is 2. The fraction of sp³-hybridized carbons (Fsp3) is 0.491. The lowest BCUT2D eigenvalue weighted by Crippen LogP contribution is -2.28. The van der Waals surface area contributed by atoms with Crippen LogP contribution in [0.25, 0.3) is 10.2 Å². The summed E-state index contributed by atoms with van der Waals surface area (Å²) in [6, 6.07) is 27.7. The number of carbonyl (C=O) groups is 2. The molecule has 17 nitrogen and oxygen atoms in total. The molecule has 0 atom stereocenters. The van der Waals surface area contributed by atoms with Gasteiger partial charge in [0.05, 0.1) is 107 Å². The molecule has 2 saturated carbocycles. The van der Waals surface area contributed by atoms with E-state index in [-0.39, 0.29) is 62.0 Å². The number of hydrazone groups is 1. The fourth-order valence-corrected chi connectivity index (χ4v) is 9.43. The van der Waals surface area contributed by atoms with Gasteiger partial charge in [0.1, 0.15) is 47.7 Å². The number of benzene rings is 4. The summed E-state index contributed by atoms with van der Waals surface area (Å²) in [7, 11) is 1.65. The molecule has 0 radical (unpaired) electrons. The molecule has 1 heterocycles. The molecule has 0 unspecified atom stereocenters. The maximum atomic E-state index is 13.2. The first kappa shape index (κ1) is 54.9. The van der Waals surface area contributed by atoms with E-state index in [1.807, 2.05) is 47.5 Å². The zero-order valence-corrected chi connectivity index (χ0v) is 42.5. The molecule has 5 aromatic rings. The number of hydrogen-bond acceptors (Lipinski definition) is 18. The molecule has 2 aliphatic rings. The van der Waals surface area contributed by atoms with E-state index in [2.05, 4.69) is 0 Å². The first-order valence-electron chi connectivity index (χ1n) is 25.3. The van der Waals surface area contributed by atoms with Crippen molar-refractivity contribution in [3.63, 3.8) is 0 Å². The monoisotopic (exact) mass is 1030 g/mol. The Labute approximate surface area is 431 Å². The molecule has 18 heteroatoms. The van der Waals surface area contributed by atoms with Gasteiger partial charge in [0, 0.05) is 12.7 Å². The smallest absolute Gasteiger partial charge is 0.314 e. The second-order valence-electron chi connectivity index (χ2n) is 17.8. The highest BCUT2D eigenvalue weighted by Crippen LogP contribution is 2.35. The van der Waals surface area contributed by atoms with Crippen molar-refractivity contribution in [3.8, 4) is 34.5 Å². The standard InChI is InChI=1S/C55H69N3O14S/c1-63-30-31-64-27-24-58(55-57-50-4-2-3-5-52(50)73-55)56-37-44-36-49(69-38-40-6-10-42(11-7-40)53(61)71-47-18-14-45(15-19-47)67-34-32-65-28-25-59)22-23-51(44)70-39-41-8-12-43(13-9-41)54(62)72-48-20-16-46(17-21-48)68-35-33-66-29-26-60/h2-5,14-23,36-37,40-43,59-60H,6-13,24-35,38-39H2,1H3/b56-37+. The van der Waals surface area contributed by atoms with Crippen LogP contribution >= 0.6 is 11.3 Å². The van der Waals surface area contributed by atoms with Crippen molar-refractivity contribution in [2.45, 2.75) is 51.4 Å². The summed E-state index contributed by atoms with van der Waals surface area (Å²) in [5.41, 5.74) is 1.63. The molecule has 394 valence electrons. The average molecular weight is 1030 g/mol. The molecule has 7 rings (SSSR count). The summed E-state index contributed by atoms with van der Waals surface area (Å²) in [6.45, 7) is 4.71. The lowest BCUT2D eigenvalue weighted by Gasteiger charge is -2.28. The summed E-state index contributed by atoms with van der Waals surface area (Å²) < 4.78 is 58.3. The van der Waals surface area contributed by atoms with E-state index in [0.29, 0.717) is 126 Å². The van der Waals surface area contributed by atoms with Crippen LogP contribution in [-0.4, -0.2) is 133 Å². The van der Waals surface area contributed by atoms with Crippen molar-refractivity contribution in [2.24, 2.45) is 28.8 Å². The van der Waals surface area contributed by atoms with E-state index in [1.165, 1.54) is 0 Å². The van der Waals surface area contributed by atoms with Gasteiger partial charge in [-0.05, 0) is 142 Å². The molecule has 0 aliphatic heterocycles. The van der Waals surface area contributed by atoms with Crippen molar-refractivity contribution >= 4 is 44.8 Å². The highest BCUT2D eigenvalue weighted by molar-refractivity contribution is 7.22. The lowest BCUT2D eigenvalue weighted by atomic mass is 9.82. The van der Waals surface area contributed by atoms with Crippen LogP contribution in [0.4, 0.5) is 5.13 Å². The van der Waals surface area contributed by atoms with Crippen LogP contribution in [-0.2, 0) is 28.5 Å². The van der Waals surface area contributed by atoms with Gasteiger partial charge in [-0.2, -0.15) is 5.10 Å². The first-order valence-corrected chi connectivity index (χ1v) is 26.1. The minimum Gasteiger partial charge on any atom is -0.493 e. The Kier molecular flexibility index (Phi) is 22.8. The van der Waals surface area contributed by atoms with E-state index >= 15 is 0 Å². The Hall–Kier alpha value is -5.86. The first-order chi connectivity index (χ1) is 35.9. The molecule has 4 aromatic carbocycles. The zero-order valence-electron chi connectivity index (χ0n) is 41.6. The van der Waals surface area contributed by atoms with Gasteiger partial charge < -0.3 is 57.6 Å². The summed E-state index contributed by atoms with van der Waals surface area (Å²) in [6.07, 6.45) is 7.90. The van der Waals surface area contributed by atoms with Crippen molar-refractivity contribution in [1.82, 2.24) is 4.98 Å². The second-order valence-corrected chi connectivity index (χ2v) is 18.9. The number of ether oxygens (including phenoxy) is 10. The third kappa shape index (κ3) is 18.2. The average Bonchev–Trinajstić information content (AvgIpc) is 3.86. The Balaban J connectivity index is 0.939. The molecule has 2 N–H and O–H groups in total. The maximum Gasteiger partial charge on any atom is 0.314 e. The van der Waals surface area contributed by atoms with Gasteiger partial charge in [0.15, 0.2) is 0 Å². The number of aliphatic hydroxyl groups excluding tert-OH is 2. The van der Waals surface area contributed by atoms with Gasteiger partial charge in [0.2, 0.25) is 5.13 Å². The second kappa shape index (κ2) is 30.4. The predicted octanol–water partition coefficient (Wildman–Crippen LogP) is 8.16. The Bertz CT molecular complexity index is 2390. The third-order valence-electron chi connectivity index (χ3n) is 12.6. The van der Waals surface area contributed by atoms with Gasteiger partial charge in [-0.1, -0.05) is 23.5 Å². The Morgan fingerprint density at radius 2 is 1.12 bits per heavy atom.